The smallest absolute Gasteiger partial charge is 0.454 e. The molecule has 2 rings (SSSR count). The lowest BCUT2D eigenvalue weighted by atomic mass is 9.93. The van der Waals surface area contributed by atoms with Crippen LogP contribution in [0.2, 0.25) is 0 Å². The number of nitrogens with one attached hydrogen (secondary N) is 1. The molecule has 104 valence electrons. The van der Waals surface area contributed by atoms with Gasteiger partial charge in [-0.05, 0) is 0 Å². The number of rotatable bonds is 3. The van der Waals surface area contributed by atoms with E-state index < -0.39 is 41.7 Å². The van der Waals surface area contributed by atoms with Crippen LogP contribution >= 0.6 is 0 Å². The summed E-state index contributed by atoms with van der Waals surface area (Å²) in [6, 6.07) is 0. The molecule has 6 nitrogen and oxygen atoms in total. The van der Waals surface area contributed by atoms with Crippen LogP contribution in [0.15, 0.2) is 11.4 Å². The summed E-state index contributed by atoms with van der Waals surface area (Å²) < 4.78 is 37.5. The monoisotopic (exact) mass is 278 g/mol. The molecule has 0 aliphatic carbocycles. The van der Waals surface area contributed by atoms with Gasteiger partial charge in [0.1, 0.15) is 5.82 Å². The molecule has 0 spiro atoms. The van der Waals surface area contributed by atoms with Crippen LogP contribution in [0.25, 0.3) is 0 Å². The van der Waals surface area contributed by atoms with E-state index in [-0.39, 0.29) is 18.9 Å². The lowest BCUT2D eigenvalue weighted by molar-refractivity contribution is -0.167. The Balaban J connectivity index is 2.44. The normalized spacial score (nSPS) is 22.6. The van der Waals surface area contributed by atoms with E-state index in [4.69, 9.17) is 5.11 Å². The van der Waals surface area contributed by atoms with Gasteiger partial charge in [-0.3, -0.25) is 19.3 Å². The molecule has 1 atom stereocenters. The van der Waals surface area contributed by atoms with Gasteiger partial charge in [0.25, 0.3) is 5.78 Å². The van der Waals surface area contributed by atoms with E-state index in [9.17, 15) is 27.6 Å². The van der Waals surface area contributed by atoms with E-state index in [0.29, 0.717) is 0 Å². The standard InChI is InChI=1S/C10H9F3N2O4/c11-10(12,13)7(18)6-4(3-5(16)17)9(19)15-2-1-14-8(6)15/h4,14H,1-3H2,(H,16,17)/t4-/m0/s1. The molecule has 0 aromatic carbocycles. The number of fused-ring (bicyclic) bond motifs is 1. The quantitative estimate of drug-likeness (QED) is 0.750. The lowest BCUT2D eigenvalue weighted by Gasteiger charge is -2.12. The number of carbonyl (C=O) groups excluding carboxylic acids is 2. The predicted molar refractivity (Wildman–Crippen MR) is 53.5 cm³/mol. The van der Waals surface area contributed by atoms with E-state index in [2.05, 4.69) is 5.32 Å². The summed E-state index contributed by atoms with van der Waals surface area (Å²) in [6.07, 6.45) is -5.97. The number of nitrogens with zero attached hydrogens (tertiary/aromatic N) is 1. The van der Waals surface area contributed by atoms with Crippen LogP contribution < -0.4 is 5.32 Å². The zero-order valence-electron chi connectivity index (χ0n) is 9.45. The predicted octanol–water partition coefficient (Wildman–Crippen LogP) is -0.134. The van der Waals surface area contributed by atoms with Gasteiger partial charge in [0.15, 0.2) is 0 Å². The first kappa shape index (κ1) is 13.4. The maximum absolute atomic E-state index is 12.5. The number of alkyl halides is 3. The third kappa shape index (κ3) is 2.15. The van der Waals surface area contributed by atoms with E-state index in [1.807, 2.05) is 0 Å². The minimum Gasteiger partial charge on any atom is -0.481 e. The van der Waals surface area contributed by atoms with Gasteiger partial charge in [-0.25, -0.2) is 0 Å². The van der Waals surface area contributed by atoms with Crippen molar-refractivity contribution in [3.8, 4) is 0 Å². The number of carbonyl (C=O) groups is 3. The van der Waals surface area contributed by atoms with Crippen molar-refractivity contribution in [1.29, 1.82) is 0 Å². The van der Waals surface area contributed by atoms with E-state index >= 15 is 0 Å². The summed E-state index contributed by atoms with van der Waals surface area (Å²) in [6.45, 7) is 0.356. The van der Waals surface area contributed by atoms with Crippen molar-refractivity contribution in [3.05, 3.63) is 11.4 Å². The minimum atomic E-state index is -5.14. The molecule has 0 radical (unpaired) electrons. The summed E-state index contributed by atoms with van der Waals surface area (Å²) in [4.78, 5) is 34.8. The van der Waals surface area contributed by atoms with Crippen molar-refractivity contribution in [2.75, 3.05) is 13.1 Å². The highest BCUT2D eigenvalue weighted by molar-refractivity contribution is 6.09. The van der Waals surface area contributed by atoms with E-state index in [1.165, 1.54) is 0 Å². The number of aliphatic carboxylic acids is 1. The molecule has 19 heavy (non-hydrogen) atoms. The Bertz CT molecular complexity index is 497. The fraction of sp³-hybridized carbons (Fsp3) is 0.500. The average Bonchev–Trinajstić information content (AvgIpc) is 2.81. The van der Waals surface area contributed by atoms with E-state index in [1.54, 1.807) is 0 Å². The molecule has 9 heteroatoms. The highest BCUT2D eigenvalue weighted by Crippen LogP contribution is 2.37. The number of halogens is 3. The van der Waals surface area contributed by atoms with Gasteiger partial charge >= 0.3 is 12.1 Å². The number of hydrogen-bond acceptors (Lipinski definition) is 4. The summed E-state index contributed by atoms with van der Waals surface area (Å²) in [5, 5.41) is 11.2. The summed E-state index contributed by atoms with van der Waals surface area (Å²) in [5.41, 5.74) is -0.794. The molecule has 0 bridgehead atoms. The molecule has 0 aromatic heterocycles. The van der Waals surface area contributed by atoms with Crippen molar-refractivity contribution < 1.29 is 32.7 Å². The Morgan fingerprint density at radius 3 is 2.58 bits per heavy atom. The molecule has 2 heterocycles. The molecule has 0 aromatic rings. The van der Waals surface area contributed by atoms with Crippen LogP contribution in [-0.4, -0.2) is 46.9 Å². The first-order valence-corrected chi connectivity index (χ1v) is 5.36. The number of carboxylic acid groups (broad SMARTS) is 1. The third-order valence-corrected chi connectivity index (χ3v) is 2.95. The molecular weight excluding hydrogens is 269 g/mol. The van der Waals surface area contributed by atoms with Gasteiger partial charge in [0, 0.05) is 13.1 Å². The Kier molecular flexibility index (Phi) is 2.99. The second-order valence-corrected chi connectivity index (χ2v) is 4.16. The summed E-state index contributed by atoms with van der Waals surface area (Å²) in [5.74, 6) is -6.17. The second kappa shape index (κ2) is 4.25. The highest BCUT2D eigenvalue weighted by Gasteiger charge is 2.52. The average molecular weight is 278 g/mol. The van der Waals surface area contributed by atoms with Crippen LogP contribution in [0, 0.1) is 5.92 Å². The van der Waals surface area contributed by atoms with Gasteiger partial charge in [0.2, 0.25) is 5.91 Å². The van der Waals surface area contributed by atoms with Crippen LogP contribution in [-0.2, 0) is 14.4 Å². The van der Waals surface area contributed by atoms with Crippen molar-refractivity contribution in [3.63, 3.8) is 0 Å². The maximum Gasteiger partial charge on any atom is 0.454 e. The van der Waals surface area contributed by atoms with Crippen LogP contribution in [0.5, 0.6) is 0 Å². The van der Waals surface area contributed by atoms with Crippen molar-refractivity contribution in [2.45, 2.75) is 12.6 Å². The third-order valence-electron chi connectivity index (χ3n) is 2.95. The largest absolute Gasteiger partial charge is 0.481 e. The number of carboxylic acids is 1. The molecule has 2 aliphatic rings. The van der Waals surface area contributed by atoms with Crippen LogP contribution in [0.3, 0.4) is 0 Å². The second-order valence-electron chi connectivity index (χ2n) is 4.16. The van der Waals surface area contributed by atoms with Crippen molar-refractivity contribution >= 4 is 17.7 Å². The number of amides is 1. The fourth-order valence-corrected chi connectivity index (χ4v) is 2.21. The van der Waals surface area contributed by atoms with Gasteiger partial charge in [-0.1, -0.05) is 0 Å². The minimum absolute atomic E-state index is 0.124. The Hall–Kier alpha value is -2.06. The SMILES string of the molecule is O=C(O)C[C@@H]1C(=O)N2CCNC2=C1C(=O)C(F)(F)F. The zero-order valence-corrected chi connectivity index (χ0v) is 9.45. The highest BCUT2D eigenvalue weighted by atomic mass is 19.4. The molecular formula is C10H9F3N2O4. The lowest BCUT2D eigenvalue weighted by Crippen LogP contribution is -2.32. The number of hydrogen-bond donors (Lipinski definition) is 2. The molecule has 2 aliphatic heterocycles. The first-order chi connectivity index (χ1) is 8.73. The van der Waals surface area contributed by atoms with Crippen LogP contribution in [0.1, 0.15) is 6.42 Å². The maximum atomic E-state index is 12.5. The Morgan fingerprint density at radius 2 is 2.05 bits per heavy atom. The zero-order chi connectivity index (χ0) is 14.4. The molecule has 1 amide bonds. The first-order valence-electron chi connectivity index (χ1n) is 5.36. The Labute approximate surface area is 104 Å². The van der Waals surface area contributed by atoms with Crippen molar-refractivity contribution in [1.82, 2.24) is 10.2 Å². The summed E-state index contributed by atoms with van der Waals surface area (Å²) >= 11 is 0. The molecule has 0 saturated carbocycles. The van der Waals surface area contributed by atoms with Crippen LogP contribution in [0.4, 0.5) is 13.2 Å². The fourth-order valence-electron chi connectivity index (χ4n) is 2.21. The molecule has 0 unspecified atom stereocenters. The van der Waals surface area contributed by atoms with Gasteiger partial charge < -0.3 is 10.4 Å². The Morgan fingerprint density at radius 1 is 1.42 bits per heavy atom. The molecule has 2 N–H and O–H groups in total. The number of Topliss-reactive ketones (excluding diaryl/α,β-unsaturated/α-hetero) is 1. The van der Waals surface area contributed by atoms with Gasteiger partial charge in [0.05, 0.1) is 17.9 Å². The molecule has 1 fully saturated rings. The van der Waals surface area contributed by atoms with Crippen molar-refractivity contribution in [2.24, 2.45) is 5.92 Å². The molecule has 1 saturated heterocycles. The number of ketones is 1. The van der Waals surface area contributed by atoms with Gasteiger partial charge in [-0.2, -0.15) is 13.2 Å². The van der Waals surface area contributed by atoms with Gasteiger partial charge in [-0.15, -0.1) is 0 Å². The topological polar surface area (TPSA) is 86.7 Å². The summed E-state index contributed by atoms with van der Waals surface area (Å²) in [7, 11) is 0. The van der Waals surface area contributed by atoms with E-state index in [0.717, 1.165) is 4.90 Å².